The van der Waals surface area contributed by atoms with Crippen LogP contribution in [0.1, 0.15) is 61.3 Å². The maximum Gasteiger partial charge on any atom is 0.230 e. The fourth-order valence-electron chi connectivity index (χ4n) is 7.26. The number of aliphatic hydroxyl groups excluding tert-OH is 2. The number of phenolic OH excluding ortho intramolecular Hbond substituents is 1. The van der Waals surface area contributed by atoms with Gasteiger partial charge in [0.1, 0.15) is 17.4 Å². The minimum Gasteiger partial charge on any atom is -0.507 e. The van der Waals surface area contributed by atoms with Crippen LogP contribution in [0.25, 0.3) is 5.76 Å². The van der Waals surface area contributed by atoms with Gasteiger partial charge in [-0.05, 0) is 87.7 Å². The van der Waals surface area contributed by atoms with Gasteiger partial charge in [-0.25, -0.2) is 0 Å². The Hall–Kier alpha value is -3.45. The number of nitrogens with two attached hydrogens (primary N) is 1. The van der Waals surface area contributed by atoms with Gasteiger partial charge in [-0.15, -0.1) is 0 Å². The van der Waals surface area contributed by atoms with Crippen molar-refractivity contribution in [3.63, 3.8) is 0 Å². The summed E-state index contributed by atoms with van der Waals surface area (Å²) in [7, 11) is 3.26. The van der Waals surface area contributed by atoms with Gasteiger partial charge in [0.05, 0.1) is 17.2 Å². The number of fused-ring (bicyclic) bond motifs is 3. The number of nitrogens with zero attached hydrogens (tertiary/aromatic N) is 1. The van der Waals surface area contributed by atoms with E-state index in [4.69, 9.17) is 5.73 Å². The van der Waals surface area contributed by atoms with Crippen LogP contribution < -0.4 is 5.73 Å². The Labute approximate surface area is 233 Å². The number of hydrogen-bond acceptors (Lipinski definition) is 8. The summed E-state index contributed by atoms with van der Waals surface area (Å²) in [5.74, 6) is -1.31. The van der Waals surface area contributed by atoms with Crippen LogP contribution in [0.15, 0.2) is 23.3 Å². The Bertz CT molecular complexity index is 1430. The molecule has 4 aliphatic rings. The second kappa shape index (κ2) is 10.2. The van der Waals surface area contributed by atoms with Crippen LogP contribution in [0.4, 0.5) is 0 Å². The summed E-state index contributed by atoms with van der Waals surface area (Å²) < 4.78 is 0. The number of amides is 1. The molecule has 2 fully saturated rings. The van der Waals surface area contributed by atoms with Crippen LogP contribution in [0.3, 0.4) is 0 Å². The molecule has 0 aromatic heterocycles. The number of phenols is 1. The average Bonchev–Trinajstić information content (AvgIpc) is 2.90. The number of primary amides is 1. The van der Waals surface area contributed by atoms with Crippen molar-refractivity contribution in [3.05, 3.63) is 45.5 Å². The lowest BCUT2D eigenvalue weighted by Crippen LogP contribution is -2.73. The fourth-order valence-corrected chi connectivity index (χ4v) is 7.26. The van der Waals surface area contributed by atoms with Crippen molar-refractivity contribution in [1.82, 2.24) is 4.90 Å². The van der Waals surface area contributed by atoms with Crippen molar-refractivity contribution in [3.8, 4) is 17.6 Å². The van der Waals surface area contributed by atoms with E-state index in [0.717, 1.165) is 36.8 Å². The highest BCUT2D eigenvalue weighted by Crippen LogP contribution is 2.53. The van der Waals surface area contributed by atoms with Crippen LogP contribution in [-0.4, -0.2) is 74.6 Å². The molecule has 1 aromatic rings. The van der Waals surface area contributed by atoms with E-state index >= 15 is 0 Å². The van der Waals surface area contributed by atoms with E-state index < -0.39 is 58.7 Å². The molecule has 9 nitrogen and oxygen atoms in total. The summed E-state index contributed by atoms with van der Waals surface area (Å²) in [5, 5.41) is 45.6. The summed E-state index contributed by atoms with van der Waals surface area (Å²) in [6, 6.07) is 0.901. The number of allylic oxidation sites excluding steroid dienone is 2. The molecule has 0 bridgehead atoms. The van der Waals surface area contributed by atoms with E-state index in [2.05, 4.69) is 17.9 Å². The topological polar surface area (TPSA) is 161 Å². The molecule has 6 N–H and O–H groups in total. The van der Waals surface area contributed by atoms with Crippen molar-refractivity contribution in [2.45, 2.75) is 69.6 Å². The quantitative estimate of drug-likeness (QED) is 0.281. The van der Waals surface area contributed by atoms with Gasteiger partial charge in [0.15, 0.2) is 11.4 Å². The van der Waals surface area contributed by atoms with E-state index in [1.807, 2.05) is 13.0 Å². The number of rotatable bonds is 3. The zero-order valence-electron chi connectivity index (χ0n) is 23.0. The molecule has 9 heteroatoms. The van der Waals surface area contributed by atoms with E-state index in [1.54, 1.807) is 19.0 Å². The third-order valence-electron chi connectivity index (χ3n) is 9.21. The number of aromatic hydroxyl groups is 1. The monoisotopic (exact) mass is 548 g/mol. The van der Waals surface area contributed by atoms with E-state index in [0.29, 0.717) is 17.5 Å². The van der Waals surface area contributed by atoms with Gasteiger partial charge in [0, 0.05) is 17.5 Å². The number of aryl methyl sites for hydroxylation is 1. The fraction of sp³-hybridized carbons (Fsp3) is 0.516. The minimum atomic E-state index is -2.67. The number of hydrogen-bond donors (Lipinski definition) is 5. The Balaban J connectivity index is 1.66. The zero-order chi connectivity index (χ0) is 29.1. The Kier molecular flexibility index (Phi) is 7.15. The molecule has 6 atom stereocenters. The van der Waals surface area contributed by atoms with Crippen LogP contribution in [0.2, 0.25) is 0 Å². The van der Waals surface area contributed by atoms with Gasteiger partial charge in [-0.3, -0.25) is 14.4 Å². The first kappa shape index (κ1) is 28.1. The number of carbonyl (C=O) groups is 3. The van der Waals surface area contributed by atoms with E-state index in [1.165, 1.54) is 0 Å². The third-order valence-corrected chi connectivity index (χ3v) is 9.21. The molecule has 1 amide bonds. The molecule has 2 unspecified atom stereocenters. The van der Waals surface area contributed by atoms with Crippen LogP contribution in [-0.2, 0) is 27.2 Å². The largest absolute Gasteiger partial charge is 0.507 e. The number of carbonyl (C=O) groups excluding carboxylic acids is 3. The number of ketones is 2. The van der Waals surface area contributed by atoms with Crippen LogP contribution >= 0.6 is 0 Å². The number of Topliss-reactive ketones (excluding diaryl/α,β-unsaturated/α-hetero) is 2. The lowest BCUT2D eigenvalue weighted by molar-refractivity contribution is -0.184. The van der Waals surface area contributed by atoms with Gasteiger partial charge in [0.2, 0.25) is 11.7 Å². The van der Waals surface area contributed by atoms with Gasteiger partial charge in [-0.1, -0.05) is 24.8 Å². The second-order valence-electron chi connectivity index (χ2n) is 11.7. The Morgan fingerprint density at radius 2 is 1.93 bits per heavy atom. The summed E-state index contributed by atoms with van der Waals surface area (Å²) in [6.07, 6.45) is 5.55. The minimum absolute atomic E-state index is 0.0850. The summed E-state index contributed by atoms with van der Waals surface area (Å²) in [6.45, 7) is 1.96. The predicted molar refractivity (Wildman–Crippen MR) is 147 cm³/mol. The Morgan fingerprint density at radius 1 is 1.20 bits per heavy atom. The Morgan fingerprint density at radius 3 is 2.52 bits per heavy atom. The van der Waals surface area contributed by atoms with Crippen molar-refractivity contribution in [1.29, 1.82) is 0 Å². The van der Waals surface area contributed by atoms with Crippen molar-refractivity contribution >= 4 is 23.2 Å². The highest BCUT2D eigenvalue weighted by molar-refractivity contribution is 6.25. The first-order chi connectivity index (χ1) is 18.9. The molecule has 4 aliphatic carbocycles. The zero-order valence-corrected chi connectivity index (χ0v) is 23.0. The van der Waals surface area contributed by atoms with Crippen molar-refractivity contribution in [2.24, 2.45) is 23.5 Å². The normalized spacial score (nSPS) is 31.6. The molecule has 40 heavy (non-hydrogen) atoms. The summed E-state index contributed by atoms with van der Waals surface area (Å²) >= 11 is 0. The number of benzene rings is 1. The van der Waals surface area contributed by atoms with Gasteiger partial charge in [0.25, 0.3) is 0 Å². The maximum absolute atomic E-state index is 14.0. The molecule has 0 radical (unpaired) electrons. The summed E-state index contributed by atoms with van der Waals surface area (Å²) in [5.41, 5.74) is 5.57. The molecule has 0 saturated heterocycles. The first-order valence-electron chi connectivity index (χ1n) is 13.9. The maximum atomic E-state index is 14.0. The predicted octanol–water partition coefficient (Wildman–Crippen LogP) is 1.54. The lowest BCUT2D eigenvalue weighted by Gasteiger charge is -2.53. The van der Waals surface area contributed by atoms with Gasteiger partial charge >= 0.3 is 0 Å². The molecule has 2 saturated carbocycles. The summed E-state index contributed by atoms with van der Waals surface area (Å²) in [4.78, 5) is 41.3. The highest BCUT2D eigenvalue weighted by Gasteiger charge is 2.67. The number of likely N-dealkylation sites (N-methyl/N-ethyl adjacent to an activating group) is 1. The molecule has 0 spiro atoms. The lowest BCUT2D eigenvalue weighted by atomic mass is 9.54. The second-order valence-corrected chi connectivity index (χ2v) is 11.7. The van der Waals surface area contributed by atoms with Gasteiger partial charge in [-0.2, -0.15) is 0 Å². The van der Waals surface area contributed by atoms with E-state index in [9.17, 15) is 34.8 Å². The third kappa shape index (κ3) is 4.09. The van der Waals surface area contributed by atoms with Crippen molar-refractivity contribution < 1.29 is 34.8 Å². The molecular weight excluding hydrogens is 512 g/mol. The molecule has 0 aliphatic heterocycles. The van der Waals surface area contributed by atoms with Crippen LogP contribution in [0, 0.1) is 29.6 Å². The molecule has 5 rings (SSSR count). The highest BCUT2D eigenvalue weighted by atomic mass is 16.3. The molecule has 212 valence electrons. The van der Waals surface area contributed by atoms with E-state index in [-0.39, 0.29) is 29.7 Å². The molecule has 0 heterocycles. The van der Waals surface area contributed by atoms with Crippen molar-refractivity contribution in [2.75, 3.05) is 14.1 Å². The number of aliphatic hydroxyl groups is 3. The average molecular weight is 549 g/mol. The standard InChI is InChI=1S/C31H36N2O7/c1-4-16-12-17(11-10-15-8-6-5-7-9-15)25(34)22-19(16)13-18-14-20-24(33(2)3)27(36)23(30(32)39)29(38)31(20,40)28(37)21(18)26(22)35/h8,12,18,20,23-24,27,34-36,40H,4-7,9,13-14H2,1-3H3,(H2,32,39)/t18-,20-,23?,24-,27?,31-/m1/s1. The molecular formula is C31H36N2O7. The van der Waals surface area contributed by atoms with Crippen LogP contribution in [0.5, 0.6) is 5.75 Å². The SMILES string of the molecule is CCc1cc(C#CC2=CCCCC2)c(O)c2c1C[C@@H]1C[C@@H]3[C@@H](N(C)C)C(O)C(C(N)=O)C(=O)[C@]3(O)C(=O)C1=C2O. The molecule has 1 aromatic carbocycles. The first-order valence-corrected chi connectivity index (χ1v) is 13.9. The van der Waals surface area contributed by atoms with Gasteiger partial charge < -0.3 is 31.1 Å². The smallest absolute Gasteiger partial charge is 0.230 e.